The van der Waals surface area contributed by atoms with Gasteiger partial charge in [-0.2, -0.15) is 0 Å². The number of quaternary nitrogens is 1. The molecule has 0 spiro atoms. The van der Waals surface area contributed by atoms with Crippen LogP contribution in [0.15, 0.2) is 109 Å². The highest BCUT2D eigenvalue weighted by molar-refractivity contribution is 6.09. The lowest BCUT2D eigenvalue weighted by molar-refractivity contribution is -0.892. The lowest BCUT2D eigenvalue weighted by atomic mass is 9.52. The first-order valence-corrected chi connectivity index (χ1v) is 18.3. The summed E-state index contributed by atoms with van der Waals surface area (Å²) in [6, 6.07) is 37.3. The summed E-state index contributed by atoms with van der Waals surface area (Å²) in [6.07, 6.45) is 10.6. The zero-order valence-electron chi connectivity index (χ0n) is 28.8. The molecule has 49 heavy (non-hydrogen) atoms. The summed E-state index contributed by atoms with van der Waals surface area (Å²) in [5, 5.41) is 2.41. The number of nitrogens with zero attached hydrogens (tertiary/aromatic N) is 3. The van der Waals surface area contributed by atoms with Crippen LogP contribution in [0.4, 0.5) is 17.1 Å². The van der Waals surface area contributed by atoms with Crippen LogP contribution in [0.3, 0.4) is 0 Å². The first-order chi connectivity index (χ1) is 23.8. The predicted octanol–water partition coefficient (Wildman–Crippen LogP) is 9.86. The van der Waals surface area contributed by atoms with Gasteiger partial charge in [0, 0.05) is 54.4 Å². The van der Waals surface area contributed by atoms with E-state index in [1.165, 1.54) is 71.9 Å². The molecule has 5 heteroatoms. The Labute approximate surface area is 289 Å². The maximum Gasteiger partial charge on any atom is 0.162 e. The van der Waals surface area contributed by atoms with Gasteiger partial charge in [-0.05, 0) is 96.5 Å². The van der Waals surface area contributed by atoms with E-state index in [1.807, 2.05) is 6.20 Å². The van der Waals surface area contributed by atoms with Crippen molar-refractivity contribution in [1.29, 1.82) is 0 Å². The van der Waals surface area contributed by atoms with E-state index < -0.39 is 0 Å². The molecule has 0 amide bonds. The van der Waals surface area contributed by atoms with Crippen molar-refractivity contribution in [2.24, 2.45) is 17.8 Å². The third kappa shape index (κ3) is 4.73. The molecule has 4 aliphatic carbocycles. The summed E-state index contributed by atoms with van der Waals surface area (Å²) in [5.74, 6) is 5.41. The van der Waals surface area contributed by atoms with E-state index in [4.69, 9.17) is 9.72 Å². The standard InChI is InChI=1S/C44H44N4O/c1-43(2,3)32-17-18-45-42(22-32)48-38-12-5-4-11-36(38)37-16-15-35(24-41(37)48)49-34-10-8-9-33(23-34)46-28-47(40-14-7-6-13-39(40)46)44-25-29-19-30(26-44)21-31(20-29)27-44/h4-18,22-24,29-31H,19-21,25-28H2,1-3H3/p+1. The Balaban J connectivity index is 0.997. The Morgan fingerprint density at radius 2 is 1.43 bits per heavy atom. The highest BCUT2D eigenvalue weighted by Gasteiger charge is 2.58. The maximum absolute atomic E-state index is 6.70. The Kier molecular flexibility index (Phi) is 6.40. The second-order valence-corrected chi connectivity index (χ2v) is 16.6. The van der Waals surface area contributed by atoms with Crippen molar-refractivity contribution in [2.45, 2.75) is 70.3 Å². The van der Waals surface area contributed by atoms with Crippen LogP contribution in [0.1, 0.15) is 64.9 Å². The van der Waals surface area contributed by atoms with Crippen molar-refractivity contribution >= 4 is 38.9 Å². The largest absolute Gasteiger partial charge is 0.457 e. The van der Waals surface area contributed by atoms with Gasteiger partial charge in [0.25, 0.3) is 0 Å². The second kappa shape index (κ2) is 10.7. The van der Waals surface area contributed by atoms with E-state index >= 15 is 0 Å². The average Bonchev–Trinajstić information content (AvgIpc) is 3.64. The molecule has 4 bridgehead atoms. The van der Waals surface area contributed by atoms with Crippen LogP contribution >= 0.6 is 0 Å². The first-order valence-electron chi connectivity index (χ1n) is 18.3. The van der Waals surface area contributed by atoms with Crippen molar-refractivity contribution in [3.63, 3.8) is 0 Å². The third-order valence-corrected chi connectivity index (χ3v) is 12.4. The number of benzene rings is 4. The quantitative estimate of drug-likeness (QED) is 0.203. The topological polar surface area (TPSA) is 34.7 Å². The minimum absolute atomic E-state index is 0.0271. The van der Waals surface area contributed by atoms with Crippen molar-refractivity contribution in [1.82, 2.24) is 9.55 Å². The number of fused-ring (bicyclic) bond motifs is 4. The molecule has 5 nitrogen and oxygen atoms in total. The van der Waals surface area contributed by atoms with Gasteiger partial charge in [0.05, 0.1) is 16.7 Å². The van der Waals surface area contributed by atoms with Crippen LogP contribution in [-0.2, 0) is 5.41 Å². The Morgan fingerprint density at radius 1 is 0.714 bits per heavy atom. The van der Waals surface area contributed by atoms with Crippen LogP contribution in [0.5, 0.6) is 11.5 Å². The summed E-state index contributed by atoms with van der Waals surface area (Å²) in [4.78, 5) is 9.11. The molecular formula is C44H45N4O+. The van der Waals surface area contributed by atoms with Crippen molar-refractivity contribution in [3.8, 4) is 17.3 Å². The number of hydrogen-bond donors (Lipinski definition) is 1. The van der Waals surface area contributed by atoms with Crippen LogP contribution < -0.4 is 14.5 Å². The SMILES string of the molecule is CC(C)(C)c1ccnc(-n2c3ccccc3c3ccc(Oc4cccc(N5C[NH+](C67CC8CC(CC(C8)C6)C7)c6ccccc65)c4)cc32)c1. The lowest BCUT2D eigenvalue weighted by Crippen LogP contribution is -3.17. The van der Waals surface area contributed by atoms with E-state index in [-0.39, 0.29) is 5.41 Å². The van der Waals surface area contributed by atoms with Gasteiger partial charge in [0.2, 0.25) is 0 Å². The van der Waals surface area contributed by atoms with E-state index in [9.17, 15) is 0 Å². The number of hydrogen-bond acceptors (Lipinski definition) is 3. The summed E-state index contributed by atoms with van der Waals surface area (Å²) < 4.78 is 8.98. The van der Waals surface area contributed by atoms with E-state index in [2.05, 4.69) is 133 Å². The van der Waals surface area contributed by atoms with Gasteiger partial charge in [0.15, 0.2) is 12.4 Å². The molecular weight excluding hydrogens is 601 g/mol. The number of nitrogens with one attached hydrogen (secondary N) is 1. The van der Waals surface area contributed by atoms with Gasteiger partial charge in [0.1, 0.15) is 28.5 Å². The predicted molar refractivity (Wildman–Crippen MR) is 199 cm³/mol. The van der Waals surface area contributed by atoms with Crippen LogP contribution in [0, 0.1) is 17.8 Å². The Bertz CT molecular complexity index is 2210. The first kappa shape index (κ1) is 29.3. The molecule has 0 radical (unpaired) electrons. The number of anilines is 2. The van der Waals surface area contributed by atoms with Crippen molar-refractivity contribution in [3.05, 3.63) is 115 Å². The molecule has 1 atom stereocenters. The highest BCUT2D eigenvalue weighted by Crippen LogP contribution is 2.55. The summed E-state index contributed by atoms with van der Waals surface area (Å²) in [5.41, 5.74) is 7.95. The normalized spacial score (nSPS) is 25.7. The molecule has 1 aliphatic heterocycles. The van der Waals surface area contributed by atoms with E-state index in [0.29, 0.717) is 5.54 Å². The smallest absolute Gasteiger partial charge is 0.162 e. The van der Waals surface area contributed by atoms with Crippen LogP contribution in [0.25, 0.3) is 27.6 Å². The molecule has 11 rings (SSSR count). The van der Waals surface area contributed by atoms with Gasteiger partial charge < -0.3 is 4.74 Å². The summed E-state index contributed by atoms with van der Waals surface area (Å²) in [6.45, 7) is 7.74. The van der Waals surface area contributed by atoms with Gasteiger partial charge in [-0.25, -0.2) is 4.98 Å². The minimum Gasteiger partial charge on any atom is -0.457 e. The van der Waals surface area contributed by atoms with Crippen LogP contribution in [-0.4, -0.2) is 21.8 Å². The number of ether oxygens (including phenoxy) is 1. The Morgan fingerprint density at radius 3 is 2.22 bits per heavy atom. The lowest BCUT2D eigenvalue weighted by Gasteiger charge is -2.57. The van der Waals surface area contributed by atoms with Crippen molar-refractivity contribution in [2.75, 3.05) is 11.6 Å². The fourth-order valence-electron chi connectivity index (χ4n) is 10.6. The molecule has 4 aromatic carbocycles. The third-order valence-electron chi connectivity index (χ3n) is 12.4. The number of pyridine rings is 1. The fraction of sp³-hybridized carbons (Fsp3) is 0.341. The van der Waals surface area contributed by atoms with E-state index in [1.54, 1.807) is 4.90 Å². The van der Waals surface area contributed by atoms with E-state index in [0.717, 1.165) is 52.8 Å². The maximum atomic E-state index is 6.70. The zero-order chi connectivity index (χ0) is 32.9. The minimum atomic E-state index is 0.0271. The second-order valence-electron chi connectivity index (χ2n) is 16.6. The molecule has 5 aliphatic rings. The fourth-order valence-corrected chi connectivity index (χ4v) is 10.6. The van der Waals surface area contributed by atoms with Crippen LogP contribution in [0.2, 0.25) is 0 Å². The number of rotatable bonds is 5. The van der Waals surface area contributed by atoms with Gasteiger partial charge in [-0.15, -0.1) is 0 Å². The van der Waals surface area contributed by atoms with Crippen molar-refractivity contribution < 1.29 is 9.64 Å². The highest BCUT2D eigenvalue weighted by atomic mass is 16.5. The summed E-state index contributed by atoms with van der Waals surface area (Å²) >= 11 is 0. The molecule has 4 saturated carbocycles. The molecule has 4 fully saturated rings. The molecule has 1 unspecified atom stereocenters. The van der Waals surface area contributed by atoms with Gasteiger partial charge in [-0.3, -0.25) is 14.4 Å². The molecule has 6 aromatic rings. The monoisotopic (exact) mass is 645 g/mol. The Hall–Kier alpha value is -4.61. The van der Waals surface area contributed by atoms with Gasteiger partial charge in [-0.1, -0.05) is 57.2 Å². The molecule has 1 N–H and O–H groups in total. The molecule has 0 saturated heterocycles. The average molecular weight is 646 g/mol. The number of para-hydroxylation sites is 3. The zero-order valence-corrected chi connectivity index (χ0v) is 28.8. The van der Waals surface area contributed by atoms with Gasteiger partial charge >= 0.3 is 0 Å². The number of aromatic nitrogens is 2. The molecule has 246 valence electrons. The summed E-state index contributed by atoms with van der Waals surface area (Å²) in [7, 11) is 0. The molecule has 2 aromatic heterocycles. The molecule has 3 heterocycles.